The second-order valence-corrected chi connectivity index (χ2v) is 4.62. The van der Waals surface area contributed by atoms with Gasteiger partial charge in [0.05, 0.1) is 5.02 Å². The molecule has 0 unspecified atom stereocenters. The predicted octanol–water partition coefficient (Wildman–Crippen LogP) is 1.62. The monoisotopic (exact) mass is 310 g/mol. The van der Waals surface area contributed by atoms with E-state index in [1.807, 2.05) is 0 Å². The lowest BCUT2D eigenvalue weighted by Gasteiger charge is -2.10. The fourth-order valence-electron chi connectivity index (χ4n) is 1.64. The van der Waals surface area contributed by atoms with Crippen LogP contribution in [0.15, 0.2) is 42.5 Å². The van der Waals surface area contributed by atoms with Crippen LogP contribution >= 0.6 is 11.6 Å². The lowest BCUT2D eigenvalue weighted by Crippen LogP contribution is -2.29. The molecule has 0 aliphatic carbocycles. The summed E-state index contributed by atoms with van der Waals surface area (Å²) in [6.07, 6.45) is 0. The minimum absolute atomic E-state index is 0.205. The maximum Gasteiger partial charge on any atom is 0.488 e. The zero-order chi connectivity index (χ0) is 15.2. The van der Waals surface area contributed by atoms with Crippen LogP contribution in [0.1, 0.15) is 0 Å². The van der Waals surface area contributed by atoms with Gasteiger partial charge in [0.25, 0.3) is 0 Å². The van der Waals surface area contributed by atoms with Crippen molar-refractivity contribution in [3.05, 3.63) is 53.3 Å². The molecule has 2 N–H and O–H groups in total. The number of hydrogen-bond donors (Lipinski definition) is 2. The summed E-state index contributed by atoms with van der Waals surface area (Å²) in [6.45, 7) is 0.518. The molecule has 0 spiro atoms. The molecule has 0 saturated heterocycles. The third-order valence-electron chi connectivity index (χ3n) is 2.68. The van der Waals surface area contributed by atoms with E-state index in [2.05, 4.69) is 0 Å². The Kier molecular flexibility index (Phi) is 5.44. The van der Waals surface area contributed by atoms with Gasteiger partial charge in [0.1, 0.15) is 30.5 Å². The first-order valence-corrected chi connectivity index (χ1v) is 6.61. The average molecular weight is 311 g/mol. The van der Waals surface area contributed by atoms with E-state index >= 15 is 0 Å². The molecule has 0 radical (unpaired) electrons. The van der Waals surface area contributed by atoms with Crippen molar-refractivity contribution in [1.29, 1.82) is 0 Å². The molecular formula is C14H13BClFO4. The van der Waals surface area contributed by atoms with Crippen molar-refractivity contribution in [3.8, 4) is 11.5 Å². The third kappa shape index (κ3) is 4.63. The lowest BCUT2D eigenvalue weighted by atomic mass is 9.80. The Bertz CT molecular complexity index is 592. The highest BCUT2D eigenvalue weighted by Gasteiger charge is 2.09. The van der Waals surface area contributed by atoms with Crippen LogP contribution in [0.25, 0.3) is 0 Å². The molecule has 0 heterocycles. The molecule has 0 saturated carbocycles. The summed E-state index contributed by atoms with van der Waals surface area (Å²) in [5.41, 5.74) is 0.386. The molecule has 0 aromatic heterocycles. The molecule has 2 rings (SSSR count). The van der Waals surface area contributed by atoms with Gasteiger partial charge in [-0.15, -0.1) is 0 Å². The largest absolute Gasteiger partial charge is 0.490 e. The second-order valence-electron chi connectivity index (χ2n) is 4.21. The topological polar surface area (TPSA) is 58.9 Å². The summed E-state index contributed by atoms with van der Waals surface area (Å²) < 4.78 is 23.6. The highest BCUT2D eigenvalue weighted by atomic mass is 35.5. The molecule has 2 aromatic carbocycles. The van der Waals surface area contributed by atoms with E-state index in [1.54, 1.807) is 24.3 Å². The van der Waals surface area contributed by atoms with E-state index in [4.69, 9.17) is 31.1 Å². The number of rotatable bonds is 6. The van der Waals surface area contributed by atoms with E-state index in [9.17, 15) is 4.39 Å². The van der Waals surface area contributed by atoms with Gasteiger partial charge < -0.3 is 19.5 Å². The van der Waals surface area contributed by atoms with E-state index in [-0.39, 0.29) is 18.2 Å². The molecule has 0 amide bonds. The number of halogens is 2. The van der Waals surface area contributed by atoms with Crippen molar-refractivity contribution >= 4 is 24.2 Å². The van der Waals surface area contributed by atoms with Crippen LogP contribution in [0.3, 0.4) is 0 Å². The Hall–Kier alpha value is -1.76. The van der Waals surface area contributed by atoms with Crippen molar-refractivity contribution in [1.82, 2.24) is 0 Å². The van der Waals surface area contributed by atoms with Gasteiger partial charge in [-0.2, -0.15) is 0 Å². The molecule has 0 fully saturated rings. The predicted molar refractivity (Wildman–Crippen MR) is 78.7 cm³/mol. The average Bonchev–Trinajstić information content (AvgIpc) is 2.46. The first kappa shape index (κ1) is 15.6. The number of hydrogen-bond acceptors (Lipinski definition) is 4. The van der Waals surface area contributed by atoms with Gasteiger partial charge in [0, 0.05) is 0 Å². The van der Waals surface area contributed by atoms with Gasteiger partial charge in [0.2, 0.25) is 0 Å². The first-order chi connectivity index (χ1) is 10.1. The Balaban J connectivity index is 1.79. The third-order valence-corrected chi connectivity index (χ3v) is 2.98. The van der Waals surface area contributed by atoms with Gasteiger partial charge in [-0.3, -0.25) is 0 Å². The van der Waals surface area contributed by atoms with Gasteiger partial charge in [-0.05, 0) is 35.8 Å². The maximum absolute atomic E-state index is 12.8. The molecule has 21 heavy (non-hydrogen) atoms. The van der Waals surface area contributed by atoms with E-state index < -0.39 is 12.9 Å². The van der Waals surface area contributed by atoms with Crippen molar-refractivity contribution in [2.24, 2.45) is 0 Å². The van der Waals surface area contributed by atoms with Gasteiger partial charge in [-0.25, -0.2) is 4.39 Å². The van der Waals surface area contributed by atoms with Crippen molar-refractivity contribution in [2.75, 3.05) is 13.2 Å². The van der Waals surface area contributed by atoms with Crippen LogP contribution < -0.4 is 14.9 Å². The zero-order valence-corrected chi connectivity index (χ0v) is 11.8. The van der Waals surface area contributed by atoms with Crippen molar-refractivity contribution in [2.45, 2.75) is 0 Å². The Morgan fingerprint density at radius 2 is 1.67 bits per heavy atom. The molecule has 0 aliphatic rings. The summed E-state index contributed by atoms with van der Waals surface area (Å²) in [5, 5.41) is 18.1. The molecule has 4 nitrogen and oxygen atoms in total. The number of ether oxygens (including phenoxy) is 2. The van der Waals surface area contributed by atoms with Crippen LogP contribution in [0.4, 0.5) is 4.39 Å². The minimum atomic E-state index is -1.50. The number of benzene rings is 2. The Morgan fingerprint density at radius 3 is 2.29 bits per heavy atom. The fourth-order valence-corrected chi connectivity index (χ4v) is 1.86. The molecule has 7 heteroatoms. The lowest BCUT2D eigenvalue weighted by molar-refractivity contribution is 0.217. The molecule has 2 aromatic rings. The molecule has 110 valence electrons. The van der Waals surface area contributed by atoms with E-state index in [0.29, 0.717) is 17.0 Å². The molecular weight excluding hydrogens is 297 g/mol. The smallest absolute Gasteiger partial charge is 0.488 e. The van der Waals surface area contributed by atoms with Gasteiger partial charge >= 0.3 is 7.12 Å². The molecule has 0 bridgehead atoms. The Morgan fingerprint density at radius 1 is 1.00 bits per heavy atom. The molecule has 0 aliphatic heterocycles. The first-order valence-electron chi connectivity index (χ1n) is 6.23. The summed E-state index contributed by atoms with van der Waals surface area (Å²) in [6, 6.07) is 10.3. The summed E-state index contributed by atoms with van der Waals surface area (Å²) in [7, 11) is -1.50. The highest BCUT2D eigenvalue weighted by molar-refractivity contribution is 6.58. The normalized spacial score (nSPS) is 10.3. The van der Waals surface area contributed by atoms with Crippen molar-refractivity contribution in [3.63, 3.8) is 0 Å². The second kappa shape index (κ2) is 7.31. The molecule has 0 atom stereocenters. The maximum atomic E-state index is 12.8. The van der Waals surface area contributed by atoms with Crippen LogP contribution in [-0.4, -0.2) is 30.4 Å². The summed E-state index contributed by atoms with van der Waals surface area (Å²) in [4.78, 5) is 0. The zero-order valence-electron chi connectivity index (χ0n) is 11.0. The van der Waals surface area contributed by atoms with Gasteiger partial charge in [-0.1, -0.05) is 23.7 Å². The van der Waals surface area contributed by atoms with E-state index in [1.165, 1.54) is 18.2 Å². The van der Waals surface area contributed by atoms with E-state index in [0.717, 1.165) is 0 Å². The Labute approximate surface area is 126 Å². The standard InChI is InChI=1S/C14H13BClFO4/c16-13-9-11(17)3-6-14(13)21-8-7-20-12-4-1-10(2-5-12)15(18)19/h1-6,9,18-19H,7-8H2. The van der Waals surface area contributed by atoms with Crippen LogP contribution in [-0.2, 0) is 0 Å². The SMILES string of the molecule is OB(O)c1ccc(OCCOc2ccc(F)cc2Cl)cc1. The highest BCUT2D eigenvalue weighted by Crippen LogP contribution is 2.24. The van der Waals surface area contributed by atoms with Crippen LogP contribution in [0.5, 0.6) is 11.5 Å². The van der Waals surface area contributed by atoms with Crippen LogP contribution in [0.2, 0.25) is 5.02 Å². The quantitative estimate of drug-likeness (QED) is 0.629. The fraction of sp³-hybridized carbons (Fsp3) is 0.143. The summed E-state index contributed by atoms with van der Waals surface area (Å²) >= 11 is 5.82. The van der Waals surface area contributed by atoms with Crippen LogP contribution in [0, 0.1) is 5.82 Å². The van der Waals surface area contributed by atoms with Crippen molar-refractivity contribution < 1.29 is 23.9 Å². The minimum Gasteiger partial charge on any atom is -0.490 e. The summed E-state index contributed by atoms with van der Waals surface area (Å²) in [5.74, 6) is 0.545. The van der Waals surface area contributed by atoms with Gasteiger partial charge in [0.15, 0.2) is 0 Å².